The van der Waals surface area contributed by atoms with Crippen molar-refractivity contribution in [1.82, 2.24) is 0 Å². The van der Waals surface area contributed by atoms with Crippen LogP contribution in [0.5, 0.6) is 0 Å². The van der Waals surface area contributed by atoms with E-state index >= 15 is 0 Å². The molecule has 70 valence electrons. The molecule has 12 heavy (non-hydrogen) atoms. The van der Waals surface area contributed by atoms with Gasteiger partial charge in [-0.15, -0.1) is 0 Å². The van der Waals surface area contributed by atoms with Crippen LogP contribution in [0.4, 0.5) is 0 Å². The van der Waals surface area contributed by atoms with Gasteiger partial charge >= 0.3 is 0 Å². The highest BCUT2D eigenvalue weighted by atomic mass is 16.5. The second-order valence-electron chi connectivity index (χ2n) is 4.27. The molecule has 0 bridgehead atoms. The number of hydrogen-bond donors (Lipinski definition) is 0. The van der Waals surface area contributed by atoms with Crippen molar-refractivity contribution in [3.05, 3.63) is 0 Å². The van der Waals surface area contributed by atoms with E-state index in [-0.39, 0.29) is 0 Å². The van der Waals surface area contributed by atoms with Crippen LogP contribution in [-0.4, -0.2) is 25.9 Å². The number of rotatable bonds is 0. The first kappa shape index (κ1) is 8.52. The minimum Gasteiger partial charge on any atom is -0.381 e. The molecule has 0 N–H and O–H groups in total. The Morgan fingerprint density at radius 2 is 1.92 bits per heavy atom. The standard InChI is InChI=1S/C10H18O2/c1-9-2-3-10(8-12-9)4-6-11-7-5-10/h9H,2-8H2,1H3/t9-/m1/s1. The van der Waals surface area contributed by atoms with Gasteiger partial charge in [-0.1, -0.05) is 0 Å². The van der Waals surface area contributed by atoms with Gasteiger partial charge in [0.25, 0.3) is 0 Å². The lowest BCUT2D eigenvalue weighted by atomic mass is 9.75. The molecule has 2 fully saturated rings. The van der Waals surface area contributed by atoms with E-state index in [1.807, 2.05) is 0 Å². The summed E-state index contributed by atoms with van der Waals surface area (Å²) in [7, 11) is 0. The first-order valence-electron chi connectivity index (χ1n) is 5.00. The molecule has 0 aromatic carbocycles. The van der Waals surface area contributed by atoms with E-state index in [9.17, 15) is 0 Å². The third kappa shape index (κ3) is 1.64. The summed E-state index contributed by atoms with van der Waals surface area (Å²) in [6, 6.07) is 0. The largest absolute Gasteiger partial charge is 0.381 e. The zero-order valence-electron chi connectivity index (χ0n) is 7.84. The molecular formula is C10H18O2. The maximum Gasteiger partial charge on any atom is 0.0547 e. The summed E-state index contributed by atoms with van der Waals surface area (Å²) in [6.07, 6.45) is 5.48. The summed E-state index contributed by atoms with van der Waals surface area (Å²) in [5.41, 5.74) is 0.491. The highest BCUT2D eigenvalue weighted by molar-refractivity contribution is 4.85. The molecule has 0 unspecified atom stereocenters. The summed E-state index contributed by atoms with van der Waals surface area (Å²) in [6.45, 7) is 5.03. The maximum atomic E-state index is 5.72. The van der Waals surface area contributed by atoms with E-state index in [0.29, 0.717) is 11.5 Å². The fourth-order valence-electron chi connectivity index (χ4n) is 2.18. The quantitative estimate of drug-likeness (QED) is 0.553. The van der Waals surface area contributed by atoms with Gasteiger partial charge in [-0.25, -0.2) is 0 Å². The van der Waals surface area contributed by atoms with Crippen LogP contribution in [0.15, 0.2) is 0 Å². The van der Waals surface area contributed by atoms with Crippen LogP contribution < -0.4 is 0 Å². The average Bonchev–Trinajstić information content (AvgIpc) is 2.13. The zero-order valence-corrected chi connectivity index (χ0v) is 7.84. The first-order valence-corrected chi connectivity index (χ1v) is 5.00. The van der Waals surface area contributed by atoms with Crippen molar-refractivity contribution in [2.24, 2.45) is 5.41 Å². The normalized spacial score (nSPS) is 35.2. The minimum atomic E-state index is 0.485. The predicted octanol–water partition coefficient (Wildman–Crippen LogP) is 1.98. The molecule has 0 amide bonds. The van der Waals surface area contributed by atoms with Gasteiger partial charge in [0.15, 0.2) is 0 Å². The molecule has 0 aliphatic carbocycles. The lowest BCUT2D eigenvalue weighted by Gasteiger charge is -2.41. The van der Waals surface area contributed by atoms with Gasteiger partial charge in [-0.05, 0) is 38.0 Å². The van der Waals surface area contributed by atoms with Crippen molar-refractivity contribution < 1.29 is 9.47 Å². The molecule has 0 aromatic heterocycles. The number of hydrogen-bond acceptors (Lipinski definition) is 2. The Morgan fingerprint density at radius 3 is 2.50 bits per heavy atom. The van der Waals surface area contributed by atoms with Crippen LogP contribution in [0.2, 0.25) is 0 Å². The second kappa shape index (κ2) is 3.35. The van der Waals surface area contributed by atoms with Crippen LogP contribution in [-0.2, 0) is 9.47 Å². The smallest absolute Gasteiger partial charge is 0.0547 e. The lowest BCUT2D eigenvalue weighted by Crippen LogP contribution is -2.39. The van der Waals surface area contributed by atoms with Crippen molar-refractivity contribution in [1.29, 1.82) is 0 Å². The fourth-order valence-corrected chi connectivity index (χ4v) is 2.18. The Bertz CT molecular complexity index is 140. The molecule has 2 aliphatic rings. The average molecular weight is 170 g/mol. The van der Waals surface area contributed by atoms with Crippen LogP contribution >= 0.6 is 0 Å². The summed E-state index contributed by atoms with van der Waals surface area (Å²) in [5, 5.41) is 0. The Balaban J connectivity index is 1.92. The van der Waals surface area contributed by atoms with E-state index in [2.05, 4.69) is 6.92 Å². The predicted molar refractivity (Wildman–Crippen MR) is 47.1 cm³/mol. The second-order valence-corrected chi connectivity index (χ2v) is 4.27. The molecular weight excluding hydrogens is 152 g/mol. The van der Waals surface area contributed by atoms with Gasteiger partial charge in [0, 0.05) is 13.2 Å². The molecule has 2 saturated heterocycles. The highest BCUT2D eigenvalue weighted by Gasteiger charge is 2.36. The fraction of sp³-hybridized carbons (Fsp3) is 1.00. The molecule has 2 nitrogen and oxygen atoms in total. The molecule has 2 rings (SSSR count). The monoisotopic (exact) mass is 170 g/mol. The van der Waals surface area contributed by atoms with Crippen molar-refractivity contribution in [2.45, 2.75) is 38.7 Å². The summed E-state index contributed by atoms with van der Waals surface area (Å²) < 4.78 is 11.1. The Hall–Kier alpha value is -0.0800. The molecule has 0 radical (unpaired) electrons. The SMILES string of the molecule is C[C@@H]1CCC2(CCOCC2)CO1. The molecule has 0 aromatic rings. The first-order chi connectivity index (χ1) is 5.81. The maximum absolute atomic E-state index is 5.72. The van der Waals surface area contributed by atoms with E-state index in [0.717, 1.165) is 19.8 Å². The number of ether oxygens (including phenoxy) is 2. The van der Waals surface area contributed by atoms with Crippen molar-refractivity contribution in [3.8, 4) is 0 Å². The third-order valence-corrected chi connectivity index (χ3v) is 3.31. The molecule has 0 saturated carbocycles. The van der Waals surface area contributed by atoms with E-state index in [1.165, 1.54) is 25.7 Å². The molecule has 2 aliphatic heterocycles. The Morgan fingerprint density at radius 1 is 1.17 bits per heavy atom. The van der Waals surface area contributed by atoms with Gasteiger partial charge < -0.3 is 9.47 Å². The van der Waals surface area contributed by atoms with E-state index in [1.54, 1.807) is 0 Å². The van der Waals surface area contributed by atoms with Crippen molar-refractivity contribution in [2.75, 3.05) is 19.8 Å². The summed E-state index contributed by atoms with van der Waals surface area (Å²) in [4.78, 5) is 0. The Labute approximate surface area is 74.2 Å². The van der Waals surface area contributed by atoms with Crippen LogP contribution in [0.3, 0.4) is 0 Å². The van der Waals surface area contributed by atoms with Gasteiger partial charge in [0.1, 0.15) is 0 Å². The van der Waals surface area contributed by atoms with E-state index < -0.39 is 0 Å². The zero-order chi connectivity index (χ0) is 8.44. The van der Waals surface area contributed by atoms with Crippen LogP contribution in [0, 0.1) is 5.41 Å². The van der Waals surface area contributed by atoms with Gasteiger partial charge in [0.2, 0.25) is 0 Å². The molecule has 1 atom stereocenters. The van der Waals surface area contributed by atoms with Gasteiger partial charge in [-0.2, -0.15) is 0 Å². The highest BCUT2D eigenvalue weighted by Crippen LogP contribution is 2.39. The van der Waals surface area contributed by atoms with Gasteiger partial charge in [-0.3, -0.25) is 0 Å². The third-order valence-electron chi connectivity index (χ3n) is 3.31. The van der Waals surface area contributed by atoms with Crippen molar-refractivity contribution in [3.63, 3.8) is 0 Å². The summed E-state index contributed by atoms with van der Waals surface area (Å²) in [5.74, 6) is 0. The topological polar surface area (TPSA) is 18.5 Å². The molecule has 2 heteroatoms. The van der Waals surface area contributed by atoms with Crippen LogP contribution in [0.1, 0.15) is 32.6 Å². The van der Waals surface area contributed by atoms with Crippen LogP contribution in [0.25, 0.3) is 0 Å². The molecule has 1 spiro atoms. The minimum absolute atomic E-state index is 0.485. The van der Waals surface area contributed by atoms with Crippen molar-refractivity contribution >= 4 is 0 Å². The van der Waals surface area contributed by atoms with E-state index in [4.69, 9.17) is 9.47 Å². The molecule has 2 heterocycles. The lowest BCUT2D eigenvalue weighted by molar-refractivity contribution is -0.0993. The van der Waals surface area contributed by atoms with Gasteiger partial charge in [0.05, 0.1) is 12.7 Å². The Kier molecular flexibility index (Phi) is 2.37. The summed E-state index contributed by atoms with van der Waals surface area (Å²) >= 11 is 0.